The van der Waals surface area contributed by atoms with Gasteiger partial charge in [0.2, 0.25) is 0 Å². The summed E-state index contributed by atoms with van der Waals surface area (Å²) in [5, 5.41) is 11.0. The van der Waals surface area contributed by atoms with Crippen molar-refractivity contribution in [1.29, 1.82) is 0 Å². The van der Waals surface area contributed by atoms with Crippen molar-refractivity contribution in [2.24, 2.45) is 5.92 Å². The van der Waals surface area contributed by atoms with Crippen LogP contribution in [0.5, 0.6) is 0 Å². The molecule has 5 heteroatoms. The zero-order chi connectivity index (χ0) is 19.1. The van der Waals surface area contributed by atoms with E-state index in [-0.39, 0.29) is 34.3 Å². The van der Waals surface area contributed by atoms with E-state index in [0.29, 0.717) is 0 Å². The lowest BCUT2D eigenvalue weighted by atomic mass is 9.84. The standard InChI is InChI=1S/C19H42O3Si2/c1-14-16(20)12-15(21-23(8,9)18(2,3)4)13-17(14)22-24(10,11)19(5,6)7/h14-17,20H,12-13H2,1-11H3/t14?,15-,16?,17+/m1/s1. The molecule has 0 aromatic carbocycles. The molecule has 0 amide bonds. The van der Waals surface area contributed by atoms with Crippen LogP contribution < -0.4 is 0 Å². The SMILES string of the molecule is CC1C(O)C[C@@H](O[Si](C)(C)C(C)(C)C)C[C@@H]1O[Si](C)(C)C(C)(C)C. The van der Waals surface area contributed by atoms with Crippen LogP contribution in [0, 0.1) is 5.92 Å². The van der Waals surface area contributed by atoms with Crippen LogP contribution in [0.25, 0.3) is 0 Å². The number of hydrogen-bond donors (Lipinski definition) is 1. The molecule has 1 saturated carbocycles. The third kappa shape index (κ3) is 5.16. The number of rotatable bonds is 4. The molecule has 0 aromatic heterocycles. The predicted octanol–water partition coefficient (Wildman–Crippen LogP) is 5.56. The van der Waals surface area contributed by atoms with Gasteiger partial charge in [-0.2, -0.15) is 0 Å². The molecule has 1 fully saturated rings. The molecular formula is C19H42O3Si2. The maximum atomic E-state index is 10.6. The first kappa shape index (κ1) is 22.4. The summed E-state index contributed by atoms with van der Waals surface area (Å²) < 4.78 is 13.3. The topological polar surface area (TPSA) is 38.7 Å². The van der Waals surface area contributed by atoms with Crippen molar-refractivity contribution < 1.29 is 14.0 Å². The van der Waals surface area contributed by atoms with E-state index in [1.165, 1.54) is 0 Å². The highest BCUT2D eigenvalue weighted by Gasteiger charge is 2.46. The van der Waals surface area contributed by atoms with Crippen molar-refractivity contribution in [3.8, 4) is 0 Å². The van der Waals surface area contributed by atoms with E-state index >= 15 is 0 Å². The fourth-order valence-electron chi connectivity index (χ4n) is 2.70. The van der Waals surface area contributed by atoms with Crippen LogP contribution in [0.1, 0.15) is 61.3 Å². The molecule has 1 N–H and O–H groups in total. The van der Waals surface area contributed by atoms with Crippen molar-refractivity contribution in [2.75, 3.05) is 0 Å². The zero-order valence-corrected chi connectivity index (χ0v) is 20.0. The van der Waals surface area contributed by atoms with Crippen LogP contribution in [0.15, 0.2) is 0 Å². The second kappa shape index (κ2) is 7.14. The summed E-state index contributed by atoms with van der Waals surface area (Å²) in [5.41, 5.74) is 0. The minimum atomic E-state index is -1.84. The van der Waals surface area contributed by atoms with E-state index in [1.807, 2.05) is 0 Å². The van der Waals surface area contributed by atoms with E-state index in [1.54, 1.807) is 0 Å². The fraction of sp³-hybridized carbons (Fsp3) is 1.00. The van der Waals surface area contributed by atoms with E-state index in [0.717, 1.165) is 12.8 Å². The molecule has 0 aliphatic heterocycles. The van der Waals surface area contributed by atoms with Gasteiger partial charge in [0.15, 0.2) is 16.6 Å². The van der Waals surface area contributed by atoms with Crippen LogP contribution in [0.3, 0.4) is 0 Å². The lowest BCUT2D eigenvalue weighted by Gasteiger charge is -2.47. The van der Waals surface area contributed by atoms with Crippen LogP contribution >= 0.6 is 0 Å². The molecule has 0 spiro atoms. The molecule has 2 unspecified atom stereocenters. The Morgan fingerprint density at radius 3 is 1.62 bits per heavy atom. The minimum Gasteiger partial charge on any atom is -0.414 e. The summed E-state index contributed by atoms with van der Waals surface area (Å²) in [6.45, 7) is 24.9. The second-order valence-electron chi connectivity index (χ2n) is 10.8. The van der Waals surface area contributed by atoms with Crippen molar-refractivity contribution in [1.82, 2.24) is 0 Å². The van der Waals surface area contributed by atoms with Crippen molar-refractivity contribution in [2.45, 2.75) is 116 Å². The van der Waals surface area contributed by atoms with Crippen LogP contribution in [0.2, 0.25) is 36.3 Å². The summed E-state index contributed by atoms with van der Waals surface area (Å²) in [4.78, 5) is 0. The van der Waals surface area contributed by atoms with Gasteiger partial charge >= 0.3 is 0 Å². The molecule has 0 bridgehead atoms. The van der Waals surface area contributed by atoms with Gasteiger partial charge in [0, 0.05) is 12.0 Å². The largest absolute Gasteiger partial charge is 0.414 e. The third-order valence-corrected chi connectivity index (χ3v) is 15.8. The summed E-state index contributed by atoms with van der Waals surface area (Å²) >= 11 is 0. The average Bonchev–Trinajstić information content (AvgIpc) is 2.31. The van der Waals surface area contributed by atoms with Gasteiger partial charge in [-0.1, -0.05) is 48.5 Å². The summed E-state index contributed by atoms with van der Waals surface area (Å²) in [7, 11) is -3.67. The summed E-state index contributed by atoms with van der Waals surface area (Å²) in [5.74, 6) is 0.179. The molecule has 1 rings (SSSR count). The highest BCUT2D eigenvalue weighted by atomic mass is 28.4. The van der Waals surface area contributed by atoms with Gasteiger partial charge in [-0.15, -0.1) is 0 Å². The Balaban J connectivity index is 2.89. The normalized spacial score (nSPS) is 30.5. The molecule has 1 aliphatic rings. The highest BCUT2D eigenvalue weighted by molar-refractivity contribution is 6.74. The van der Waals surface area contributed by atoms with Crippen LogP contribution in [-0.2, 0) is 8.85 Å². The van der Waals surface area contributed by atoms with Crippen molar-refractivity contribution in [3.63, 3.8) is 0 Å². The molecule has 24 heavy (non-hydrogen) atoms. The van der Waals surface area contributed by atoms with Crippen molar-refractivity contribution >= 4 is 16.6 Å². The molecule has 4 atom stereocenters. The van der Waals surface area contributed by atoms with E-state index < -0.39 is 16.6 Å². The van der Waals surface area contributed by atoms with Gasteiger partial charge in [-0.25, -0.2) is 0 Å². The number of hydrogen-bond acceptors (Lipinski definition) is 3. The smallest absolute Gasteiger partial charge is 0.192 e. The molecule has 1 aliphatic carbocycles. The first-order valence-corrected chi connectivity index (χ1v) is 15.3. The van der Waals surface area contributed by atoms with E-state index in [2.05, 4.69) is 74.7 Å². The van der Waals surface area contributed by atoms with Gasteiger partial charge in [-0.3, -0.25) is 0 Å². The Bertz CT molecular complexity index is 421. The first-order valence-electron chi connectivity index (χ1n) is 9.51. The quantitative estimate of drug-likeness (QED) is 0.655. The summed E-state index contributed by atoms with van der Waals surface area (Å²) in [6.07, 6.45) is 1.54. The lowest BCUT2D eigenvalue weighted by Crippen LogP contribution is -2.53. The third-order valence-electron chi connectivity index (χ3n) is 6.71. The van der Waals surface area contributed by atoms with E-state index in [4.69, 9.17) is 8.85 Å². The van der Waals surface area contributed by atoms with Gasteiger partial charge in [0.05, 0.1) is 12.2 Å². The Labute approximate surface area is 152 Å². The molecule has 0 radical (unpaired) electrons. The van der Waals surface area contributed by atoms with Gasteiger partial charge in [-0.05, 0) is 49.1 Å². The van der Waals surface area contributed by atoms with Crippen LogP contribution in [0.4, 0.5) is 0 Å². The first-order chi connectivity index (χ1) is 10.5. The number of aliphatic hydroxyl groups excluding tert-OH is 1. The molecule has 0 aromatic rings. The Kier molecular flexibility index (Phi) is 6.65. The van der Waals surface area contributed by atoms with Gasteiger partial charge in [0.25, 0.3) is 0 Å². The van der Waals surface area contributed by atoms with Gasteiger partial charge in [0.1, 0.15) is 0 Å². The molecule has 144 valence electrons. The maximum absolute atomic E-state index is 10.6. The molecule has 0 heterocycles. The molecular weight excluding hydrogens is 332 g/mol. The Hall–Kier alpha value is 0.314. The highest BCUT2D eigenvalue weighted by Crippen LogP contribution is 2.43. The lowest BCUT2D eigenvalue weighted by molar-refractivity contribution is -0.0557. The minimum absolute atomic E-state index is 0.101. The molecule has 3 nitrogen and oxygen atoms in total. The average molecular weight is 375 g/mol. The fourth-order valence-corrected chi connectivity index (χ4v) is 5.50. The van der Waals surface area contributed by atoms with E-state index in [9.17, 15) is 5.11 Å². The summed E-state index contributed by atoms with van der Waals surface area (Å²) in [6, 6.07) is 0. The number of aliphatic hydroxyl groups is 1. The Morgan fingerprint density at radius 2 is 1.21 bits per heavy atom. The predicted molar refractivity (Wildman–Crippen MR) is 109 cm³/mol. The molecule has 0 saturated heterocycles. The monoisotopic (exact) mass is 374 g/mol. The van der Waals surface area contributed by atoms with Gasteiger partial charge < -0.3 is 14.0 Å². The zero-order valence-electron chi connectivity index (χ0n) is 18.0. The second-order valence-corrected chi connectivity index (χ2v) is 20.3. The Morgan fingerprint density at radius 1 is 0.792 bits per heavy atom. The maximum Gasteiger partial charge on any atom is 0.192 e. The van der Waals surface area contributed by atoms with Crippen LogP contribution in [-0.4, -0.2) is 40.1 Å². The van der Waals surface area contributed by atoms with Crippen molar-refractivity contribution in [3.05, 3.63) is 0 Å².